The van der Waals surface area contributed by atoms with Crippen LogP contribution in [0.5, 0.6) is 0 Å². The summed E-state index contributed by atoms with van der Waals surface area (Å²) < 4.78 is 41.8. The van der Waals surface area contributed by atoms with Crippen molar-refractivity contribution in [2.24, 2.45) is 0 Å². The van der Waals surface area contributed by atoms with Gasteiger partial charge in [-0.25, -0.2) is 8.70 Å². The van der Waals surface area contributed by atoms with Crippen molar-refractivity contribution in [3.8, 4) is 0 Å². The molecule has 0 saturated heterocycles. The molecule has 1 atom stereocenters. The van der Waals surface area contributed by atoms with Gasteiger partial charge in [0.2, 0.25) is 11.8 Å². The predicted molar refractivity (Wildman–Crippen MR) is 138 cm³/mol. The van der Waals surface area contributed by atoms with Crippen molar-refractivity contribution in [2.75, 3.05) is 24.9 Å². The molecule has 3 rings (SSSR count). The SMILES string of the molecule is CCC(C(=O)NC1CCCC1)N(Cc1ccccc1)C(=O)CN(c1ccc(F)cc1)S(=O)(=O)N(C)C. The maximum atomic E-state index is 13.8. The Bertz CT molecular complexity index is 1120. The van der Waals surface area contributed by atoms with Gasteiger partial charge in [0.05, 0.1) is 5.69 Å². The lowest BCUT2D eigenvalue weighted by Crippen LogP contribution is -2.54. The van der Waals surface area contributed by atoms with Gasteiger partial charge in [-0.2, -0.15) is 12.7 Å². The molecule has 1 saturated carbocycles. The topological polar surface area (TPSA) is 90.0 Å². The van der Waals surface area contributed by atoms with Crippen LogP contribution in [0.4, 0.5) is 10.1 Å². The fourth-order valence-corrected chi connectivity index (χ4v) is 5.45. The maximum Gasteiger partial charge on any atom is 0.304 e. The molecule has 1 unspecified atom stereocenters. The van der Waals surface area contributed by atoms with Crippen molar-refractivity contribution in [3.05, 3.63) is 66.0 Å². The molecule has 10 heteroatoms. The van der Waals surface area contributed by atoms with Crippen LogP contribution in [-0.2, 0) is 26.3 Å². The van der Waals surface area contributed by atoms with Crippen molar-refractivity contribution >= 4 is 27.7 Å². The predicted octanol–water partition coefficient (Wildman–Crippen LogP) is 3.30. The molecule has 8 nitrogen and oxygen atoms in total. The van der Waals surface area contributed by atoms with Crippen LogP contribution in [-0.4, -0.2) is 62.2 Å². The standard InChI is InChI=1S/C26H35FN4O4S/c1-4-24(26(33)28-22-12-8-9-13-22)30(18-20-10-6-5-7-11-20)25(32)19-31(36(34,35)29(2)3)23-16-14-21(27)15-17-23/h5-7,10-11,14-17,22,24H,4,8-9,12-13,18-19H2,1-3H3,(H,28,33). The van der Waals surface area contributed by atoms with Crippen LogP contribution in [0.25, 0.3) is 0 Å². The highest BCUT2D eigenvalue weighted by Crippen LogP contribution is 2.22. The van der Waals surface area contributed by atoms with Gasteiger partial charge in [-0.1, -0.05) is 50.1 Å². The molecule has 2 amide bonds. The minimum atomic E-state index is -4.08. The number of halogens is 1. The van der Waals surface area contributed by atoms with E-state index in [1.165, 1.54) is 31.1 Å². The fourth-order valence-electron chi connectivity index (χ4n) is 4.39. The first-order valence-electron chi connectivity index (χ1n) is 12.2. The number of benzene rings is 2. The van der Waals surface area contributed by atoms with Crippen molar-refractivity contribution in [1.82, 2.24) is 14.5 Å². The second-order valence-electron chi connectivity index (χ2n) is 9.19. The molecule has 1 N–H and O–H groups in total. The average Bonchev–Trinajstić information content (AvgIpc) is 3.36. The number of anilines is 1. The van der Waals surface area contributed by atoms with Crippen LogP contribution in [0, 0.1) is 5.82 Å². The first-order chi connectivity index (χ1) is 17.1. The monoisotopic (exact) mass is 518 g/mol. The van der Waals surface area contributed by atoms with E-state index in [0.717, 1.165) is 52.0 Å². The Morgan fingerprint density at radius 1 is 1.03 bits per heavy atom. The third-order valence-electron chi connectivity index (χ3n) is 6.42. The highest BCUT2D eigenvalue weighted by atomic mass is 32.2. The molecule has 1 aliphatic rings. The molecule has 1 fully saturated rings. The van der Waals surface area contributed by atoms with Crippen LogP contribution < -0.4 is 9.62 Å². The molecule has 0 bridgehead atoms. The summed E-state index contributed by atoms with van der Waals surface area (Å²) in [6.45, 7) is 1.44. The maximum absolute atomic E-state index is 13.8. The van der Waals surface area contributed by atoms with E-state index in [-0.39, 0.29) is 24.2 Å². The minimum absolute atomic E-state index is 0.0880. The van der Waals surface area contributed by atoms with Gasteiger partial charge >= 0.3 is 10.2 Å². The second kappa shape index (κ2) is 12.3. The number of carbonyl (C=O) groups excluding carboxylic acids is 2. The Kier molecular flexibility index (Phi) is 9.44. The van der Waals surface area contributed by atoms with Crippen molar-refractivity contribution in [3.63, 3.8) is 0 Å². The van der Waals surface area contributed by atoms with Gasteiger partial charge in [0.15, 0.2) is 0 Å². The largest absolute Gasteiger partial charge is 0.352 e. The molecule has 2 aromatic carbocycles. The first kappa shape index (κ1) is 27.6. The summed E-state index contributed by atoms with van der Waals surface area (Å²) in [4.78, 5) is 28.5. The zero-order chi connectivity index (χ0) is 26.3. The van der Waals surface area contributed by atoms with E-state index in [9.17, 15) is 22.4 Å². The summed E-state index contributed by atoms with van der Waals surface area (Å²) in [5, 5.41) is 3.08. The molecule has 2 aromatic rings. The molecule has 0 heterocycles. The zero-order valence-corrected chi connectivity index (χ0v) is 21.9. The second-order valence-corrected chi connectivity index (χ2v) is 11.3. The normalized spacial score (nSPS) is 15.0. The number of amides is 2. The highest BCUT2D eigenvalue weighted by molar-refractivity contribution is 7.90. The van der Waals surface area contributed by atoms with E-state index >= 15 is 0 Å². The number of nitrogens with one attached hydrogen (secondary N) is 1. The zero-order valence-electron chi connectivity index (χ0n) is 21.1. The van der Waals surface area contributed by atoms with Gasteiger partial charge in [0.1, 0.15) is 18.4 Å². The van der Waals surface area contributed by atoms with Gasteiger partial charge < -0.3 is 10.2 Å². The number of hydrogen-bond donors (Lipinski definition) is 1. The van der Waals surface area contributed by atoms with E-state index in [4.69, 9.17) is 0 Å². The quantitative estimate of drug-likeness (QED) is 0.494. The summed E-state index contributed by atoms with van der Waals surface area (Å²) in [5.74, 6) is -1.29. The summed E-state index contributed by atoms with van der Waals surface area (Å²) in [7, 11) is -1.36. The van der Waals surface area contributed by atoms with Crippen molar-refractivity contribution < 1.29 is 22.4 Å². The van der Waals surface area contributed by atoms with Crippen molar-refractivity contribution in [1.29, 1.82) is 0 Å². The summed E-state index contributed by atoms with van der Waals surface area (Å²) in [5.41, 5.74) is 0.975. The molecule has 0 aliphatic heterocycles. The average molecular weight is 519 g/mol. The summed E-state index contributed by atoms with van der Waals surface area (Å²) in [6, 6.07) is 13.5. The molecule has 0 radical (unpaired) electrons. The molecular formula is C26H35FN4O4S. The smallest absolute Gasteiger partial charge is 0.304 e. The molecular weight excluding hydrogens is 483 g/mol. The lowest BCUT2D eigenvalue weighted by Gasteiger charge is -2.34. The fraction of sp³-hybridized carbons (Fsp3) is 0.462. The third-order valence-corrected chi connectivity index (χ3v) is 8.24. The Labute approximate surface area is 213 Å². The van der Waals surface area contributed by atoms with E-state index < -0.39 is 34.5 Å². The summed E-state index contributed by atoms with van der Waals surface area (Å²) >= 11 is 0. The molecule has 0 spiro atoms. The van der Waals surface area contributed by atoms with E-state index in [2.05, 4.69) is 5.32 Å². The Hall–Kier alpha value is -2.98. The van der Waals surface area contributed by atoms with Gasteiger partial charge in [-0.3, -0.25) is 9.59 Å². The van der Waals surface area contributed by atoms with Crippen LogP contribution in [0.15, 0.2) is 54.6 Å². The number of hydrogen-bond acceptors (Lipinski definition) is 4. The Balaban J connectivity index is 1.94. The van der Waals surface area contributed by atoms with Crippen LogP contribution in [0.3, 0.4) is 0 Å². The highest BCUT2D eigenvalue weighted by Gasteiger charge is 2.34. The lowest BCUT2D eigenvalue weighted by atomic mass is 10.1. The van der Waals surface area contributed by atoms with Gasteiger partial charge in [-0.05, 0) is 49.1 Å². The summed E-state index contributed by atoms with van der Waals surface area (Å²) in [6.07, 6.45) is 4.31. The molecule has 36 heavy (non-hydrogen) atoms. The Morgan fingerprint density at radius 3 is 2.19 bits per heavy atom. The van der Waals surface area contributed by atoms with Crippen molar-refractivity contribution in [2.45, 2.75) is 57.7 Å². The molecule has 196 valence electrons. The lowest BCUT2D eigenvalue weighted by molar-refractivity contribution is -0.140. The van der Waals surface area contributed by atoms with E-state index in [1.54, 1.807) is 0 Å². The number of carbonyl (C=O) groups is 2. The van der Waals surface area contributed by atoms with E-state index in [0.29, 0.717) is 6.42 Å². The van der Waals surface area contributed by atoms with E-state index in [1.807, 2.05) is 37.3 Å². The van der Waals surface area contributed by atoms with Crippen LogP contribution in [0.1, 0.15) is 44.6 Å². The van der Waals surface area contributed by atoms with Crippen LogP contribution in [0.2, 0.25) is 0 Å². The number of rotatable bonds is 11. The van der Waals surface area contributed by atoms with Gasteiger partial charge in [0, 0.05) is 26.7 Å². The van der Waals surface area contributed by atoms with Crippen LogP contribution >= 0.6 is 0 Å². The number of nitrogens with zero attached hydrogens (tertiary/aromatic N) is 3. The molecule has 1 aliphatic carbocycles. The first-order valence-corrected chi connectivity index (χ1v) is 13.6. The van der Waals surface area contributed by atoms with Gasteiger partial charge in [-0.15, -0.1) is 0 Å². The minimum Gasteiger partial charge on any atom is -0.352 e. The van der Waals surface area contributed by atoms with Gasteiger partial charge in [0.25, 0.3) is 0 Å². The third kappa shape index (κ3) is 6.82. The molecule has 0 aromatic heterocycles. The Morgan fingerprint density at radius 2 is 1.64 bits per heavy atom.